The first-order chi connectivity index (χ1) is 8.79. The highest BCUT2D eigenvalue weighted by molar-refractivity contribution is 5.93. The van der Waals surface area contributed by atoms with Crippen LogP contribution in [0, 0.1) is 17.2 Å². The number of rotatable bonds is 4. The molecule has 18 heavy (non-hydrogen) atoms. The van der Waals surface area contributed by atoms with Crippen LogP contribution >= 0.6 is 0 Å². The third kappa shape index (κ3) is 3.22. The first-order valence-electron chi connectivity index (χ1n) is 5.91. The SMILES string of the molecule is N#CCOc1cccc(NC(=O)C2CCNC2)c1. The quantitative estimate of drug-likeness (QED) is 0.834. The average Bonchev–Trinajstić information content (AvgIpc) is 2.91. The lowest BCUT2D eigenvalue weighted by Gasteiger charge is -2.10. The van der Waals surface area contributed by atoms with E-state index >= 15 is 0 Å². The summed E-state index contributed by atoms with van der Waals surface area (Å²) in [6.07, 6.45) is 0.871. The van der Waals surface area contributed by atoms with E-state index < -0.39 is 0 Å². The standard InChI is InChI=1S/C13H15N3O2/c14-5-7-18-12-3-1-2-11(8-12)16-13(17)10-4-6-15-9-10/h1-3,8,10,15H,4,6-7,9H2,(H,16,17). The van der Waals surface area contributed by atoms with Gasteiger partial charge in [-0.15, -0.1) is 0 Å². The fourth-order valence-corrected chi connectivity index (χ4v) is 1.90. The molecule has 1 heterocycles. The number of carbonyl (C=O) groups is 1. The molecular formula is C13H15N3O2. The molecule has 2 N–H and O–H groups in total. The molecule has 1 aliphatic rings. The molecule has 94 valence electrons. The number of anilines is 1. The molecule has 1 unspecified atom stereocenters. The second-order valence-corrected chi connectivity index (χ2v) is 4.15. The third-order valence-corrected chi connectivity index (χ3v) is 2.84. The monoisotopic (exact) mass is 245 g/mol. The minimum atomic E-state index is 0.00391. The van der Waals surface area contributed by atoms with Gasteiger partial charge in [0.1, 0.15) is 11.8 Å². The number of nitrogens with zero attached hydrogens (tertiary/aromatic N) is 1. The van der Waals surface area contributed by atoms with Crippen LogP contribution in [0.3, 0.4) is 0 Å². The van der Waals surface area contributed by atoms with Gasteiger partial charge in [0.15, 0.2) is 6.61 Å². The summed E-state index contributed by atoms with van der Waals surface area (Å²) in [5.74, 6) is 0.644. The van der Waals surface area contributed by atoms with Gasteiger partial charge in [-0.25, -0.2) is 0 Å². The van der Waals surface area contributed by atoms with E-state index in [4.69, 9.17) is 10.00 Å². The van der Waals surface area contributed by atoms with Crippen molar-refractivity contribution in [2.24, 2.45) is 5.92 Å². The van der Waals surface area contributed by atoms with Crippen LogP contribution in [0.1, 0.15) is 6.42 Å². The van der Waals surface area contributed by atoms with Crippen molar-refractivity contribution in [2.45, 2.75) is 6.42 Å². The third-order valence-electron chi connectivity index (χ3n) is 2.84. The van der Waals surface area contributed by atoms with Crippen molar-refractivity contribution in [2.75, 3.05) is 25.0 Å². The van der Waals surface area contributed by atoms with Crippen LogP contribution in [0.15, 0.2) is 24.3 Å². The number of hydrogen-bond donors (Lipinski definition) is 2. The topological polar surface area (TPSA) is 74.1 Å². The predicted octanol–water partition coefficient (Wildman–Crippen LogP) is 1.14. The molecule has 0 aromatic heterocycles. The first-order valence-corrected chi connectivity index (χ1v) is 5.91. The van der Waals surface area contributed by atoms with Crippen molar-refractivity contribution in [3.63, 3.8) is 0 Å². The molecule has 0 spiro atoms. The Kier molecular flexibility index (Phi) is 4.15. The minimum Gasteiger partial charge on any atom is -0.479 e. The highest BCUT2D eigenvalue weighted by Crippen LogP contribution is 2.19. The number of carbonyl (C=O) groups excluding carboxylic acids is 1. The van der Waals surface area contributed by atoms with Gasteiger partial charge < -0.3 is 15.4 Å². The van der Waals surface area contributed by atoms with Gasteiger partial charge in [-0.2, -0.15) is 5.26 Å². The zero-order valence-electron chi connectivity index (χ0n) is 9.98. The summed E-state index contributed by atoms with van der Waals surface area (Å²) in [5.41, 5.74) is 0.697. The number of benzene rings is 1. The molecule has 0 saturated carbocycles. The minimum absolute atomic E-state index is 0.00391. The first kappa shape index (κ1) is 12.4. The molecule has 5 heteroatoms. The maximum Gasteiger partial charge on any atom is 0.228 e. The summed E-state index contributed by atoms with van der Waals surface area (Å²) < 4.78 is 5.18. The number of hydrogen-bond acceptors (Lipinski definition) is 4. The summed E-state index contributed by atoms with van der Waals surface area (Å²) >= 11 is 0. The van der Waals surface area contributed by atoms with E-state index in [-0.39, 0.29) is 18.4 Å². The van der Waals surface area contributed by atoms with Crippen molar-refractivity contribution in [3.8, 4) is 11.8 Å². The maximum absolute atomic E-state index is 11.9. The van der Waals surface area contributed by atoms with Crippen LogP contribution < -0.4 is 15.4 Å². The number of nitriles is 1. The van der Waals surface area contributed by atoms with Gasteiger partial charge in [-0.05, 0) is 25.1 Å². The predicted molar refractivity (Wildman–Crippen MR) is 67.2 cm³/mol. The van der Waals surface area contributed by atoms with Gasteiger partial charge in [0, 0.05) is 18.3 Å². The lowest BCUT2D eigenvalue weighted by Crippen LogP contribution is -2.24. The summed E-state index contributed by atoms with van der Waals surface area (Å²) in [4.78, 5) is 11.9. The fourth-order valence-electron chi connectivity index (χ4n) is 1.90. The molecule has 1 aromatic rings. The van der Waals surface area contributed by atoms with Crippen LogP contribution in [0.5, 0.6) is 5.75 Å². The summed E-state index contributed by atoms with van der Waals surface area (Å²) in [6.45, 7) is 1.63. The lowest BCUT2D eigenvalue weighted by atomic mass is 10.1. The van der Waals surface area contributed by atoms with Crippen molar-refractivity contribution in [1.82, 2.24) is 5.32 Å². The van der Waals surface area contributed by atoms with Crippen molar-refractivity contribution in [1.29, 1.82) is 5.26 Å². The zero-order valence-corrected chi connectivity index (χ0v) is 9.98. The van der Waals surface area contributed by atoms with E-state index in [1.54, 1.807) is 24.3 Å². The van der Waals surface area contributed by atoms with Gasteiger partial charge >= 0.3 is 0 Å². The van der Waals surface area contributed by atoms with Crippen LogP contribution in [-0.2, 0) is 4.79 Å². The van der Waals surface area contributed by atoms with E-state index in [1.165, 1.54) is 0 Å². The van der Waals surface area contributed by atoms with E-state index in [0.29, 0.717) is 11.4 Å². The molecule has 1 fully saturated rings. The molecule has 0 aliphatic carbocycles. The lowest BCUT2D eigenvalue weighted by molar-refractivity contribution is -0.119. The number of ether oxygens (including phenoxy) is 1. The Morgan fingerprint density at radius 1 is 1.61 bits per heavy atom. The Labute approximate surface area is 106 Å². The molecular weight excluding hydrogens is 230 g/mol. The van der Waals surface area contributed by atoms with Gasteiger partial charge in [-0.3, -0.25) is 4.79 Å². The molecule has 0 bridgehead atoms. The summed E-state index contributed by atoms with van der Waals surface area (Å²) in [5, 5.41) is 14.4. The maximum atomic E-state index is 11.9. The molecule has 1 aliphatic heterocycles. The van der Waals surface area contributed by atoms with E-state index in [9.17, 15) is 4.79 Å². The zero-order chi connectivity index (χ0) is 12.8. The number of amides is 1. The summed E-state index contributed by atoms with van der Waals surface area (Å²) in [7, 11) is 0. The normalized spacial score (nSPS) is 18.1. The Morgan fingerprint density at radius 2 is 2.50 bits per heavy atom. The summed E-state index contributed by atoms with van der Waals surface area (Å²) in [6, 6.07) is 8.97. The molecule has 1 amide bonds. The second kappa shape index (κ2) is 6.03. The number of nitrogens with one attached hydrogen (secondary N) is 2. The van der Waals surface area contributed by atoms with Gasteiger partial charge in [0.2, 0.25) is 5.91 Å². The van der Waals surface area contributed by atoms with Crippen molar-refractivity contribution in [3.05, 3.63) is 24.3 Å². The highest BCUT2D eigenvalue weighted by atomic mass is 16.5. The molecule has 1 atom stereocenters. The Hall–Kier alpha value is -2.06. The van der Waals surface area contributed by atoms with Gasteiger partial charge in [0.05, 0.1) is 5.92 Å². The van der Waals surface area contributed by atoms with Crippen molar-refractivity contribution < 1.29 is 9.53 Å². The van der Waals surface area contributed by atoms with E-state index in [2.05, 4.69) is 10.6 Å². The molecule has 2 rings (SSSR count). The van der Waals surface area contributed by atoms with E-state index in [1.807, 2.05) is 6.07 Å². The molecule has 1 saturated heterocycles. The van der Waals surface area contributed by atoms with Crippen LogP contribution in [-0.4, -0.2) is 25.6 Å². The molecule has 1 aromatic carbocycles. The molecule has 5 nitrogen and oxygen atoms in total. The highest BCUT2D eigenvalue weighted by Gasteiger charge is 2.22. The molecule has 0 radical (unpaired) electrons. The average molecular weight is 245 g/mol. The fraction of sp³-hybridized carbons (Fsp3) is 0.385. The Bertz CT molecular complexity index is 462. The second-order valence-electron chi connectivity index (χ2n) is 4.15. The van der Waals surface area contributed by atoms with Gasteiger partial charge in [-0.1, -0.05) is 6.07 Å². The van der Waals surface area contributed by atoms with Crippen LogP contribution in [0.4, 0.5) is 5.69 Å². The largest absolute Gasteiger partial charge is 0.479 e. The van der Waals surface area contributed by atoms with Gasteiger partial charge in [0.25, 0.3) is 0 Å². The van der Waals surface area contributed by atoms with Crippen molar-refractivity contribution >= 4 is 11.6 Å². The van der Waals surface area contributed by atoms with Crippen LogP contribution in [0.2, 0.25) is 0 Å². The van der Waals surface area contributed by atoms with Crippen LogP contribution in [0.25, 0.3) is 0 Å². The Morgan fingerprint density at radius 3 is 3.22 bits per heavy atom. The smallest absolute Gasteiger partial charge is 0.228 e. The van der Waals surface area contributed by atoms with E-state index in [0.717, 1.165) is 19.5 Å². The Balaban J connectivity index is 1.96.